The Kier molecular flexibility index (Phi) is 4.70. The van der Waals surface area contributed by atoms with Crippen LogP contribution in [0.3, 0.4) is 0 Å². The number of anilines is 1. The Morgan fingerprint density at radius 3 is 2.50 bits per heavy atom. The van der Waals surface area contributed by atoms with Crippen molar-refractivity contribution in [3.8, 4) is 0 Å². The molecule has 1 saturated heterocycles. The number of nitrogens with one attached hydrogen (secondary N) is 1. The molecule has 1 unspecified atom stereocenters. The van der Waals surface area contributed by atoms with Crippen LogP contribution in [0.1, 0.15) is 57.4 Å². The minimum Gasteiger partial charge on any atom is -0.366 e. The molecule has 2 heterocycles. The number of nitrogens with two attached hydrogens (primary N) is 1. The fraction of sp³-hybridized carbons (Fsp3) is 0.421. The molecule has 1 aromatic carbocycles. The van der Waals surface area contributed by atoms with Crippen molar-refractivity contribution >= 4 is 27.3 Å². The predicted octanol–water partition coefficient (Wildman–Crippen LogP) is 1.47. The Morgan fingerprint density at radius 1 is 1.14 bits per heavy atom. The van der Waals surface area contributed by atoms with Crippen LogP contribution in [0.15, 0.2) is 24.3 Å². The molecule has 3 N–H and O–H groups in total. The number of sulfone groups is 1. The van der Waals surface area contributed by atoms with Crippen LogP contribution in [-0.4, -0.2) is 41.5 Å². The van der Waals surface area contributed by atoms with Crippen molar-refractivity contribution < 1.29 is 18.0 Å². The number of aromatic nitrogens is 2. The highest BCUT2D eigenvalue weighted by Crippen LogP contribution is 2.31. The molecular weight excluding hydrogens is 380 g/mol. The molecule has 1 aliphatic heterocycles. The molecule has 0 radical (unpaired) electrons. The standard InChI is InChI=1S/C19H22N4O4S/c20-18(24)12-5-7-13(8-6-12)21-19(25)17-15-3-1-2-4-16(15)23(22-17)14-9-10-28(26,27)11-14/h5-8,14H,1-4,9-11H2,(H2,20,24)(H,21,25). The highest BCUT2D eigenvalue weighted by molar-refractivity contribution is 7.91. The Hall–Kier alpha value is -2.68. The SMILES string of the molecule is NC(=O)c1ccc(NC(=O)c2nn(C3CCS(=O)(=O)C3)c3c2CCCC3)cc1. The van der Waals surface area contributed by atoms with Gasteiger partial charge < -0.3 is 11.1 Å². The van der Waals surface area contributed by atoms with Gasteiger partial charge in [0.2, 0.25) is 5.91 Å². The molecule has 148 valence electrons. The summed E-state index contributed by atoms with van der Waals surface area (Å²) >= 11 is 0. The van der Waals surface area contributed by atoms with Gasteiger partial charge in [0.05, 0.1) is 17.5 Å². The summed E-state index contributed by atoms with van der Waals surface area (Å²) < 4.78 is 25.6. The van der Waals surface area contributed by atoms with E-state index in [1.54, 1.807) is 28.9 Å². The first kappa shape index (κ1) is 18.7. The monoisotopic (exact) mass is 402 g/mol. The van der Waals surface area contributed by atoms with Gasteiger partial charge in [-0.25, -0.2) is 8.42 Å². The van der Waals surface area contributed by atoms with Crippen LogP contribution in [0.25, 0.3) is 0 Å². The number of primary amides is 1. The normalized spacial score (nSPS) is 20.5. The predicted molar refractivity (Wildman–Crippen MR) is 104 cm³/mol. The maximum Gasteiger partial charge on any atom is 0.276 e. The Labute approximate surface area is 163 Å². The number of carbonyl (C=O) groups excluding carboxylic acids is 2. The summed E-state index contributed by atoms with van der Waals surface area (Å²) in [6.45, 7) is 0. The van der Waals surface area contributed by atoms with E-state index in [-0.39, 0.29) is 23.5 Å². The number of nitrogens with zero attached hydrogens (tertiary/aromatic N) is 2. The number of carbonyl (C=O) groups is 2. The second-order valence-electron chi connectivity index (χ2n) is 7.38. The van der Waals surface area contributed by atoms with Gasteiger partial charge in [-0.15, -0.1) is 0 Å². The molecule has 1 aromatic heterocycles. The van der Waals surface area contributed by atoms with Crippen molar-refractivity contribution in [2.45, 2.75) is 38.1 Å². The third-order valence-corrected chi connectivity index (χ3v) is 7.16. The van der Waals surface area contributed by atoms with Gasteiger partial charge in [0.1, 0.15) is 0 Å². The molecule has 28 heavy (non-hydrogen) atoms. The quantitative estimate of drug-likeness (QED) is 0.801. The number of hydrogen-bond acceptors (Lipinski definition) is 5. The summed E-state index contributed by atoms with van der Waals surface area (Å²) in [6, 6.07) is 6.13. The van der Waals surface area contributed by atoms with Gasteiger partial charge >= 0.3 is 0 Å². The van der Waals surface area contributed by atoms with E-state index in [0.717, 1.165) is 36.9 Å². The molecule has 1 atom stereocenters. The molecule has 1 aliphatic carbocycles. The van der Waals surface area contributed by atoms with Crippen molar-refractivity contribution in [1.29, 1.82) is 0 Å². The third-order valence-electron chi connectivity index (χ3n) is 5.41. The molecule has 2 aliphatic rings. The summed E-state index contributed by atoms with van der Waals surface area (Å²) in [5.74, 6) is -0.613. The first-order valence-electron chi connectivity index (χ1n) is 9.36. The van der Waals surface area contributed by atoms with Crippen LogP contribution >= 0.6 is 0 Å². The first-order valence-corrected chi connectivity index (χ1v) is 11.2. The molecule has 1 fully saturated rings. The number of benzene rings is 1. The average molecular weight is 402 g/mol. The molecule has 0 saturated carbocycles. The molecule has 8 nitrogen and oxygen atoms in total. The third kappa shape index (κ3) is 3.54. The van der Waals surface area contributed by atoms with Crippen LogP contribution in [0.2, 0.25) is 0 Å². The number of rotatable bonds is 4. The maximum absolute atomic E-state index is 12.9. The van der Waals surface area contributed by atoms with Crippen molar-refractivity contribution in [2.24, 2.45) is 5.73 Å². The van der Waals surface area contributed by atoms with E-state index in [2.05, 4.69) is 10.4 Å². The minimum absolute atomic E-state index is 0.0801. The molecule has 2 aromatic rings. The van der Waals surface area contributed by atoms with Crippen LogP contribution in [-0.2, 0) is 22.7 Å². The van der Waals surface area contributed by atoms with Crippen molar-refractivity contribution in [1.82, 2.24) is 9.78 Å². The Morgan fingerprint density at radius 2 is 1.86 bits per heavy atom. The van der Waals surface area contributed by atoms with Gasteiger partial charge in [-0.2, -0.15) is 5.10 Å². The molecule has 4 rings (SSSR count). The summed E-state index contributed by atoms with van der Waals surface area (Å²) in [6.07, 6.45) is 4.09. The average Bonchev–Trinajstić information content (AvgIpc) is 3.22. The fourth-order valence-electron chi connectivity index (χ4n) is 3.99. The van der Waals surface area contributed by atoms with Gasteiger partial charge in [-0.3, -0.25) is 14.3 Å². The van der Waals surface area contributed by atoms with Crippen LogP contribution in [0.5, 0.6) is 0 Å². The number of amides is 2. The number of hydrogen-bond donors (Lipinski definition) is 2. The van der Waals surface area contributed by atoms with Gasteiger partial charge in [0.15, 0.2) is 15.5 Å². The second kappa shape index (κ2) is 7.05. The highest BCUT2D eigenvalue weighted by Gasteiger charge is 2.34. The number of fused-ring (bicyclic) bond motifs is 1. The van der Waals surface area contributed by atoms with Crippen molar-refractivity contribution in [3.63, 3.8) is 0 Å². The zero-order valence-electron chi connectivity index (χ0n) is 15.3. The summed E-state index contributed by atoms with van der Waals surface area (Å²) in [5.41, 5.74) is 8.40. The second-order valence-corrected chi connectivity index (χ2v) is 9.61. The molecule has 0 bridgehead atoms. The first-order chi connectivity index (χ1) is 13.3. The summed E-state index contributed by atoms with van der Waals surface area (Å²) in [5, 5.41) is 7.36. The van der Waals surface area contributed by atoms with E-state index in [1.165, 1.54) is 0 Å². The Balaban J connectivity index is 1.62. The molecule has 9 heteroatoms. The van der Waals surface area contributed by atoms with Gasteiger partial charge in [0, 0.05) is 22.5 Å². The van der Waals surface area contributed by atoms with Gasteiger partial charge in [-0.1, -0.05) is 0 Å². The smallest absolute Gasteiger partial charge is 0.276 e. The lowest BCUT2D eigenvalue weighted by molar-refractivity contribution is 0.0997. The van der Waals surface area contributed by atoms with Gasteiger partial charge in [0.25, 0.3) is 5.91 Å². The van der Waals surface area contributed by atoms with Crippen LogP contribution < -0.4 is 11.1 Å². The largest absolute Gasteiger partial charge is 0.366 e. The summed E-state index contributed by atoms with van der Waals surface area (Å²) in [4.78, 5) is 24.0. The Bertz CT molecular complexity index is 1040. The summed E-state index contributed by atoms with van der Waals surface area (Å²) in [7, 11) is -3.04. The lowest BCUT2D eigenvalue weighted by Crippen LogP contribution is -2.17. The van der Waals surface area contributed by atoms with E-state index < -0.39 is 15.7 Å². The van der Waals surface area contributed by atoms with Crippen LogP contribution in [0.4, 0.5) is 5.69 Å². The van der Waals surface area contributed by atoms with Crippen molar-refractivity contribution in [2.75, 3.05) is 16.8 Å². The van der Waals surface area contributed by atoms with E-state index in [9.17, 15) is 18.0 Å². The van der Waals surface area contributed by atoms with Crippen LogP contribution in [0, 0.1) is 0 Å². The molecule has 0 spiro atoms. The lowest BCUT2D eigenvalue weighted by atomic mass is 9.95. The zero-order chi connectivity index (χ0) is 19.9. The lowest BCUT2D eigenvalue weighted by Gasteiger charge is -2.17. The maximum atomic E-state index is 12.9. The van der Waals surface area contributed by atoms with E-state index in [4.69, 9.17) is 5.73 Å². The van der Waals surface area contributed by atoms with Crippen molar-refractivity contribution in [3.05, 3.63) is 46.8 Å². The minimum atomic E-state index is -3.04. The zero-order valence-corrected chi connectivity index (χ0v) is 16.2. The highest BCUT2D eigenvalue weighted by atomic mass is 32.2. The molecule has 2 amide bonds. The molecular formula is C19H22N4O4S. The topological polar surface area (TPSA) is 124 Å². The fourth-order valence-corrected chi connectivity index (χ4v) is 5.68. The van der Waals surface area contributed by atoms with E-state index in [1.807, 2.05) is 0 Å². The van der Waals surface area contributed by atoms with E-state index >= 15 is 0 Å². The van der Waals surface area contributed by atoms with E-state index in [0.29, 0.717) is 23.4 Å². The van der Waals surface area contributed by atoms with Gasteiger partial charge in [-0.05, 0) is 56.4 Å².